The zero-order chi connectivity index (χ0) is 12.1. The van der Waals surface area contributed by atoms with Gasteiger partial charge in [0.2, 0.25) is 0 Å². The number of benzene rings is 1. The lowest BCUT2D eigenvalue weighted by atomic mass is 10.00. The Hall–Kier alpha value is -1.26. The molecule has 17 heavy (non-hydrogen) atoms. The molecule has 1 aliphatic carbocycles. The Morgan fingerprint density at radius 1 is 1.35 bits per heavy atom. The van der Waals surface area contributed by atoms with Crippen molar-refractivity contribution in [2.75, 3.05) is 0 Å². The molecule has 1 saturated carbocycles. The Morgan fingerprint density at radius 3 is 2.59 bits per heavy atom. The normalized spacial score (nSPS) is 18.4. The van der Waals surface area contributed by atoms with E-state index in [2.05, 4.69) is 48.5 Å². The lowest BCUT2D eigenvalue weighted by Crippen LogP contribution is -2.33. The summed E-state index contributed by atoms with van der Waals surface area (Å²) < 4.78 is 0. The van der Waals surface area contributed by atoms with Gasteiger partial charge in [-0.1, -0.05) is 37.3 Å². The van der Waals surface area contributed by atoms with Gasteiger partial charge in [0.05, 0.1) is 0 Å². The van der Waals surface area contributed by atoms with Crippen molar-refractivity contribution in [2.24, 2.45) is 5.92 Å². The number of terminal acetylenes is 1. The molecule has 2 unspecified atom stereocenters. The van der Waals surface area contributed by atoms with Gasteiger partial charge in [0.15, 0.2) is 0 Å². The van der Waals surface area contributed by atoms with Crippen LogP contribution in [0.1, 0.15) is 44.2 Å². The number of rotatable bonds is 6. The van der Waals surface area contributed by atoms with E-state index in [1.54, 1.807) is 0 Å². The summed E-state index contributed by atoms with van der Waals surface area (Å²) in [5.74, 6) is 3.58. The average Bonchev–Trinajstić information content (AvgIpc) is 3.20. The molecule has 2 rings (SSSR count). The number of hydrogen-bond donors (Lipinski definition) is 1. The Bertz CT molecular complexity index is 372. The summed E-state index contributed by atoms with van der Waals surface area (Å²) in [6.45, 7) is 2.20. The van der Waals surface area contributed by atoms with Crippen LogP contribution in [0.4, 0.5) is 0 Å². The van der Waals surface area contributed by atoms with E-state index in [0.717, 1.165) is 18.8 Å². The maximum atomic E-state index is 5.42. The third-order valence-corrected chi connectivity index (χ3v) is 3.52. The lowest BCUT2D eigenvalue weighted by molar-refractivity contribution is 0.398. The van der Waals surface area contributed by atoms with E-state index < -0.39 is 0 Å². The van der Waals surface area contributed by atoms with E-state index in [1.165, 1.54) is 18.4 Å². The summed E-state index contributed by atoms with van der Waals surface area (Å²) in [7, 11) is 0. The number of nitrogens with one attached hydrogen (secondary N) is 1. The maximum Gasteiger partial charge on any atom is 0.0351 e. The molecule has 90 valence electrons. The molecule has 1 aromatic rings. The predicted molar refractivity (Wildman–Crippen MR) is 72.6 cm³/mol. The van der Waals surface area contributed by atoms with Crippen molar-refractivity contribution >= 4 is 0 Å². The summed E-state index contributed by atoms with van der Waals surface area (Å²) in [6.07, 6.45) is 10.0. The molecule has 0 heterocycles. The van der Waals surface area contributed by atoms with Gasteiger partial charge < -0.3 is 5.32 Å². The molecule has 1 heteroatoms. The minimum Gasteiger partial charge on any atom is -0.306 e. The molecule has 0 bridgehead atoms. The molecule has 0 saturated heterocycles. The van der Waals surface area contributed by atoms with Crippen LogP contribution in [-0.4, -0.2) is 6.04 Å². The van der Waals surface area contributed by atoms with Gasteiger partial charge in [-0.15, -0.1) is 12.3 Å². The second kappa shape index (κ2) is 5.89. The van der Waals surface area contributed by atoms with Crippen molar-refractivity contribution < 1.29 is 0 Å². The van der Waals surface area contributed by atoms with Crippen LogP contribution in [-0.2, 0) is 0 Å². The summed E-state index contributed by atoms with van der Waals surface area (Å²) in [5.41, 5.74) is 1.41. The Labute approximate surface area is 105 Å². The first-order chi connectivity index (χ1) is 8.35. The van der Waals surface area contributed by atoms with Crippen LogP contribution in [0, 0.1) is 18.3 Å². The average molecular weight is 227 g/mol. The van der Waals surface area contributed by atoms with Crippen molar-refractivity contribution in [1.82, 2.24) is 5.32 Å². The van der Waals surface area contributed by atoms with Crippen molar-refractivity contribution in [1.29, 1.82) is 0 Å². The third-order valence-electron chi connectivity index (χ3n) is 3.52. The molecule has 0 aromatic heterocycles. The molecule has 1 nitrogen and oxygen atoms in total. The van der Waals surface area contributed by atoms with Gasteiger partial charge >= 0.3 is 0 Å². The minimum atomic E-state index is 0.450. The van der Waals surface area contributed by atoms with Crippen molar-refractivity contribution in [3.63, 3.8) is 0 Å². The van der Waals surface area contributed by atoms with Crippen LogP contribution in [0.5, 0.6) is 0 Å². The third kappa shape index (κ3) is 3.35. The summed E-state index contributed by atoms with van der Waals surface area (Å²) in [5, 5.41) is 3.74. The summed E-state index contributed by atoms with van der Waals surface area (Å²) in [4.78, 5) is 0. The van der Waals surface area contributed by atoms with Crippen LogP contribution >= 0.6 is 0 Å². The zero-order valence-corrected chi connectivity index (χ0v) is 10.5. The molecule has 0 radical (unpaired) electrons. The quantitative estimate of drug-likeness (QED) is 0.733. The standard InChI is InChI=1S/C16H21N/c1-3-8-15(4-2)17-16(14-11-12-14)13-9-6-5-7-10-13/h1,5-7,9-10,14-17H,4,8,11-12H2,2H3. The van der Waals surface area contributed by atoms with Crippen LogP contribution < -0.4 is 5.32 Å². The highest BCUT2D eigenvalue weighted by Gasteiger charge is 2.32. The molecule has 1 aromatic carbocycles. The molecule has 1 aliphatic rings. The van der Waals surface area contributed by atoms with Gasteiger partial charge in [-0.2, -0.15) is 0 Å². The second-order valence-corrected chi connectivity index (χ2v) is 4.91. The van der Waals surface area contributed by atoms with E-state index in [1.807, 2.05) is 0 Å². The SMILES string of the molecule is C#CCC(CC)NC(c1ccccc1)C1CC1. The van der Waals surface area contributed by atoms with E-state index in [-0.39, 0.29) is 0 Å². The fourth-order valence-corrected chi connectivity index (χ4v) is 2.31. The molecule has 0 aliphatic heterocycles. The highest BCUT2D eigenvalue weighted by molar-refractivity contribution is 5.21. The van der Waals surface area contributed by atoms with E-state index in [4.69, 9.17) is 6.42 Å². The van der Waals surface area contributed by atoms with Crippen molar-refractivity contribution in [3.8, 4) is 12.3 Å². The molecule has 2 atom stereocenters. The van der Waals surface area contributed by atoms with Crippen LogP contribution in [0.3, 0.4) is 0 Å². The van der Waals surface area contributed by atoms with Gasteiger partial charge in [-0.25, -0.2) is 0 Å². The van der Waals surface area contributed by atoms with Gasteiger partial charge in [0.25, 0.3) is 0 Å². The molecule has 0 spiro atoms. The van der Waals surface area contributed by atoms with Gasteiger partial charge in [0, 0.05) is 18.5 Å². The highest BCUT2D eigenvalue weighted by atomic mass is 15.0. The van der Waals surface area contributed by atoms with Crippen molar-refractivity contribution in [3.05, 3.63) is 35.9 Å². The predicted octanol–water partition coefficient (Wildman–Crippen LogP) is 3.53. The fraction of sp³-hybridized carbons (Fsp3) is 0.500. The van der Waals surface area contributed by atoms with E-state index in [9.17, 15) is 0 Å². The van der Waals surface area contributed by atoms with Crippen LogP contribution in [0.25, 0.3) is 0 Å². The zero-order valence-electron chi connectivity index (χ0n) is 10.5. The topological polar surface area (TPSA) is 12.0 Å². The first-order valence-corrected chi connectivity index (χ1v) is 6.59. The summed E-state index contributed by atoms with van der Waals surface area (Å²) in [6, 6.07) is 11.7. The minimum absolute atomic E-state index is 0.450. The fourth-order valence-electron chi connectivity index (χ4n) is 2.31. The molecule has 0 amide bonds. The summed E-state index contributed by atoms with van der Waals surface area (Å²) >= 11 is 0. The second-order valence-electron chi connectivity index (χ2n) is 4.91. The number of hydrogen-bond acceptors (Lipinski definition) is 1. The smallest absolute Gasteiger partial charge is 0.0351 e. The van der Waals surface area contributed by atoms with Crippen LogP contribution in [0.2, 0.25) is 0 Å². The van der Waals surface area contributed by atoms with Crippen LogP contribution in [0.15, 0.2) is 30.3 Å². The largest absolute Gasteiger partial charge is 0.306 e. The first-order valence-electron chi connectivity index (χ1n) is 6.59. The van der Waals surface area contributed by atoms with E-state index in [0.29, 0.717) is 12.1 Å². The Morgan fingerprint density at radius 2 is 2.06 bits per heavy atom. The molecule has 1 N–H and O–H groups in total. The molecule has 1 fully saturated rings. The van der Waals surface area contributed by atoms with E-state index >= 15 is 0 Å². The van der Waals surface area contributed by atoms with Gasteiger partial charge in [0.1, 0.15) is 0 Å². The van der Waals surface area contributed by atoms with Gasteiger partial charge in [-0.3, -0.25) is 0 Å². The Kier molecular flexibility index (Phi) is 4.23. The maximum absolute atomic E-state index is 5.42. The highest BCUT2D eigenvalue weighted by Crippen LogP contribution is 2.41. The van der Waals surface area contributed by atoms with Gasteiger partial charge in [-0.05, 0) is 30.7 Å². The van der Waals surface area contributed by atoms with Crippen molar-refractivity contribution in [2.45, 2.75) is 44.7 Å². The monoisotopic (exact) mass is 227 g/mol. The molecular weight excluding hydrogens is 206 g/mol. The Balaban J connectivity index is 2.05. The molecular formula is C16H21N. The first kappa shape index (κ1) is 12.2. The lowest BCUT2D eigenvalue weighted by Gasteiger charge is -2.24.